The van der Waals surface area contributed by atoms with Crippen LogP contribution in [0.25, 0.3) is 20.7 Å². The number of hydrogen-bond acceptors (Lipinski definition) is 7. The lowest BCUT2D eigenvalue weighted by molar-refractivity contribution is 0.102. The van der Waals surface area contributed by atoms with E-state index in [0.717, 1.165) is 10.4 Å². The summed E-state index contributed by atoms with van der Waals surface area (Å²) in [6, 6.07) is 11.0. The largest absolute Gasteiger partial charge is 0.497 e. The number of thiophene rings is 2. The van der Waals surface area contributed by atoms with Crippen LogP contribution in [-0.4, -0.2) is 28.2 Å². The molecule has 8 heteroatoms. The van der Waals surface area contributed by atoms with E-state index < -0.39 is 0 Å². The van der Waals surface area contributed by atoms with Crippen molar-refractivity contribution in [3.8, 4) is 16.2 Å². The van der Waals surface area contributed by atoms with Crippen molar-refractivity contribution in [2.24, 2.45) is 7.05 Å². The summed E-state index contributed by atoms with van der Waals surface area (Å²) in [4.78, 5) is 31.9. The number of aromatic nitrogens is 2. The summed E-state index contributed by atoms with van der Waals surface area (Å²) in [5.74, 6) is 0.799. The van der Waals surface area contributed by atoms with E-state index in [0.29, 0.717) is 26.7 Å². The normalized spacial score (nSPS) is 11.1. The lowest BCUT2D eigenvalue weighted by atomic mass is 10.1. The molecule has 0 aliphatic carbocycles. The number of ether oxygens (including phenoxy) is 1. The standard InChI is InChI=1S/C20H16N2O3S3/c1-22-19(24)17-14(16-7-4-8-26-16)10-27-18(17)21-20(22)28-11-15(23)12-5-3-6-13(9-12)25-2/h3-10H,11H2,1-2H3. The fourth-order valence-corrected chi connectivity index (χ4v) is 5.47. The highest BCUT2D eigenvalue weighted by molar-refractivity contribution is 7.99. The number of fused-ring (bicyclic) bond motifs is 1. The molecular weight excluding hydrogens is 412 g/mol. The predicted molar refractivity (Wildman–Crippen MR) is 116 cm³/mol. The zero-order chi connectivity index (χ0) is 19.7. The van der Waals surface area contributed by atoms with Crippen LogP contribution in [0, 0.1) is 0 Å². The number of nitrogens with zero attached hydrogens (tertiary/aromatic N) is 2. The Bertz CT molecular complexity index is 1210. The van der Waals surface area contributed by atoms with Gasteiger partial charge in [-0.2, -0.15) is 0 Å². The molecule has 28 heavy (non-hydrogen) atoms. The molecule has 0 aliphatic rings. The second-order valence-electron chi connectivity index (χ2n) is 6.01. The summed E-state index contributed by atoms with van der Waals surface area (Å²) >= 11 is 4.32. The summed E-state index contributed by atoms with van der Waals surface area (Å²) in [5.41, 5.74) is 1.41. The fraction of sp³-hybridized carbons (Fsp3) is 0.150. The number of rotatable bonds is 6. The number of thioether (sulfide) groups is 1. The highest BCUT2D eigenvalue weighted by Gasteiger charge is 2.17. The van der Waals surface area contributed by atoms with Crippen LogP contribution in [0.3, 0.4) is 0 Å². The van der Waals surface area contributed by atoms with Gasteiger partial charge in [-0.05, 0) is 23.6 Å². The molecule has 142 valence electrons. The van der Waals surface area contributed by atoms with Gasteiger partial charge in [-0.1, -0.05) is 30.0 Å². The van der Waals surface area contributed by atoms with Crippen LogP contribution in [0.1, 0.15) is 10.4 Å². The first-order chi connectivity index (χ1) is 13.6. The number of benzene rings is 1. The van der Waals surface area contributed by atoms with Crippen molar-refractivity contribution in [3.05, 3.63) is 63.1 Å². The number of carbonyl (C=O) groups excluding carboxylic acids is 1. The molecule has 0 amide bonds. The van der Waals surface area contributed by atoms with Crippen LogP contribution in [0.5, 0.6) is 5.75 Å². The Morgan fingerprint density at radius 1 is 1.25 bits per heavy atom. The second kappa shape index (κ2) is 7.90. The fourth-order valence-electron chi connectivity index (χ4n) is 2.81. The lowest BCUT2D eigenvalue weighted by Gasteiger charge is -2.08. The van der Waals surface area contributed by atoms with Crippen molar-refractivity contribution in [2.45, 2.75) is 5.16 Å². The molecule has 5 nitrogen and oxygen atoms in total. The van der Waals surface area contributed by atoms with Gasteiger partial charge in [-0.15, -0.1) is 22.7 Å². The van der Waals surface area contributed by atoms with Gasteiger partial charge in [0.1, 0.15) is 10.6 Å². The van der Waals surface area contributed by atoms with Gasteiger partial charge in [0.05, 0.1) is 18.2 Å². The first kappa shape index (κ1) is 18.9. The smallest absolute Gasteiger partial charge is 0.263 e. The van der Waals surface area contributed by atoms with E-state index in [2.05, 4.69) is 4.98 Å². The Kier molecular flexibility index (Phi) is 5.34. The number of Topliss-reactive ketones (excluding diaryl/α,β-unsaturated/α-hetero) is 1. The average Bonchev–Trinajstić information content (AvgIpc) is 3.39. The number of hydrogen-bond donors (Lipinski definition) is 0. The molecular formula is C20H16N2O3S3. The third kappa shape index (κ3) is 3.50. The van der Waals surface area contributed by atoms with Gasteiger partial charge in [0.15, 0.2) is 10.9 Å². The number of ketones is 1. The zero-order valence-electron chi connectivity index (χ0n) is 15.2. The predicted octanol–water partition coefficient (Wildman–Crippen LogP) is 4.71. The Morgan fingerprint density at radius 2 is 2.11 bits per heavy atom. The average molecular weight is 429 g/mol. The summed E-state index contributed by atoms with van der Waals surface area (Å²) in [5, 5.41) is 5.14. The molecule has 0 aliphatic heterocycles. The SMILES string of the molecule is COc1cccc(C(=O)CSc2nc3scc(-c4cccs4)c3c(=O)n2C)c1. The molecule has 0 N–H and O–H groups in total. The minimum Gasteiger partial charge on any atom is -0.497 e. The molecule has 0 spiro atoms. The molecule has 0 radical (unpaired) electrons. The van der Waals surface area contributed by atoms with E-state index in [-0.39, 0.29) is 17.1 Å². The van der Waals surface area contributed by atoms with Crippen LogP contribution in [0.15, 0.2) is 57.1 Å². The van der Waals surface area contributed by atoms with Gasteiger partial charge >= 0.3 is 0 Å². The van der Waals surface area contributed by atoms with E-state index in [9.17, 15) is 9.59 Å². The van der Waals surface area contributed by atoms with Gasteiger partial charge < -0.3 is 4.74 Å². The minimum atomic E-state index is -0.0917. The van der Waals surface area contributed by atoms with Crippen LogP contribution >= 0.6 is 34.4 Å². The highest BCUT2D eigenvalue weighted by Crippen LogP contribution is 2.34. The van der Waals surface area contributed by atoms with Crippen molar-refractivity contribution >= 4 is 50.4 Å². The molecule has 0 saturated heterocycles. The van der Waals surface area contributed by atoms with Crippen LogP contribution < -0.4 is 10.3 Å². The minimum absolute atomic E-state index is 0.0382. The third-order valence-electron chi connectivity index (χ3n) is 4.28. The highest BCUT2D eigenvalue weighted by atomic mass is 32.2. The Labute approximate surface area is 173 Å². The van der Waals surface area contributed by atoms with Crippen LogP contribution in [0.4, 0.5) is 0 Å². The van der Waals surface area contributed by atoms with E-state index >= 15 is 0 Å². The third-order valence-corrected chi connectivity index (χ3v) is 7.09. The van der Waals surface area contributed by atoms with E-state index in [1.54, 1.807) is 49.8 Å². The molecule has 1 aromatic carbocycles. The summed E-state index contributed by atoms with van der Waals surface area (Å²) in [6.07, 6.45) is 0. The number of methoxy groups -OCH3 is 1. The molecule has 0 unspecified atom stereocenters. The van der Waals surface area contributed by atoms with Gasteiger partial charge in [0, 0.05) is 28.4 Å². The lowest BCUT2D eigenvalue weighted by Crippen LogP contribution is -2.20. The molecule has 0 saturated carbocycles. The monoisotopic (exact) mass is 428 g/mol. The van der Waals surface area contributed by atoms with Crippen molar-refractivity contribution in [1.29, 1.82) is 0 Å². The van der Waals surface area contributed by atoms with Crippen molar-refractivity contribution in [3.63, 3.8) is 0 Å². The van der Waals surface area contributed by atoms with E-state index in [1.165, 1.54) is 27.7 Å². The molecule has 4 rings (SSSR count). The first-order valence-corrected chi connectivity index (χ1v) is 11.1. The van der Waals surface area contributed by atoms with Gasteiger partial charge in [0.2, 0.25) is 0 Å². The second-order valence-corrected chi connectivity index (χ2v) is 8.76. The maximum Gasteiger partial charge on any atom is 0.263 e. The maximum atomic E-state index is 12.9. The molecule has 3 heterocycles. The van der Waals surface area contributed by atoms with Crippen molar-refractivity contribution in [1.82, 2.24) is 9.55 Å². The van der Waals surface area contributed by atoms with Crippen molar-refractivity contribution in [2.75, 3.05) is 12.9 Å². The summed E-state index contributed by atoms with van der Waals surface area (Å²) in [6.45, 7) is 0. The Morgan fingerprint density at radius 3 is 2.86 bits per heavy atom. The van der Waals surface area contributed by atoms with Crippen molar-refractivity contribution < 1.29 is 9.53 Å². The molecule has 3 aromatic heterocycles. The molecule has 4 aromatic rings. The topological polar surface area (TPSA) is 61.2 Å². The van der Waals surface area contributed by atoms with Crippen LogP contribution in [0.2, 0.25) is 0 Å². The number of carbonyl (C=O) groups is 1. The molecule has 0 bridgehead atoms. The first-order valence-electron chi connectivity index (χ1n) is 8.40. The van der Waals surface area contributed by atoms with Gasteiger partial charge in [-0.25, -0.2) is 4.98 Å². The Balaban J connectivity index is 1.62. The zero-order valence-corrected chi connectivity index (χ0v) is 17.6. The van der Waals surface area contributed by atoms with E-state index in [1.807, 2.05) is 22.9 Å². The van der Waals surface area contributed by atoms with Crippen LogP contribution in [-0.2, 0) is 7.05 Å². The molecule has 0 fully saturated rings. The summed E-state index contributed by atoms with van der Waals surface area (Å²) < 4.78 is 6.69. The molecule has 0 atom stereocenters. The Hall–Kier alpha value is -2.42. The van der Waals surface area contributed by atoms with Gasteiger partial charge in [0.25, 0.3) is 5.56 Å². The van der Waals surface area contributed by atoms with E-state index in [4.69, 9.17) is 4.74 Å². The quantitative estimate of drug-likeness (QED) is 0.253. The maximum absolute atomic E-state index is 12.9. The summed E-state index contributed by atoms with van der Waals surface area (Å²) in [7, 11) is 3.27. The van der Waals surface area contributed by atoms with Gasteiger partial charge in [-0.3, -0.25) is 14.2 Å².